The van der Waals surface area contributed by atoms with Crippen molar-refractivity contribution in [3.63, 3.8) is 0 Å². The van der Waals surface area contributed by atoms with Crippen molar-refractivity contribution in [2.75, 3.05) is 20.8 Å². The van der Waals surface area contributed by atoms with Crippen LogP contribution in [0, 0.1) is 0 Å². The van der Waals surface area contributed by atoms with Gasteiger partial charge >= 0.3 is 0 Å². The molecule has 9 heteroatoms. The third-order valence-corrected chi connectivity index (χ3v) is 4.77. The van der Waals surface area contributed by atoms with Gasteiger partial charge in [0.25, 0.3) is 0 Å². The second-order valence-electron chi connectivity index (χ2n) is 5.40. The Labute approximate surface area is 152 Å². The molecular formula is C17H21N3O5S. The number of methoxy groups -OCH3 is 2. The Kier molecular flexibility index (Phi) is 6.93. The summed E-state index contributed by atoms with van der Waals surface area (Å²) in [5, 5.41) is 2.63. The first kappa shape index (κ1) is 19.7. The Morgan fingerprint density at radius 1 is 1.19 bits per heavy atom. The highest BCUT2D eigenvalue weighted by atomic mass is 32.2. The third-order valence-electron chi connectivity index (χ3n) is 3.50. The largest absolute Gasteiger partial charge is 0.497 e. The smallest absolute Gasteiger partial charge is 0.235 e. The zero-order chi connectivity index (χ0) is 19.0. The van der Waals surface area contributed by atoms with Gasteiger partial charge in [0.05, 0.1) is 26.5 Å². The Morgan fingerprint density at radius 2 is 2.00 bits per heavy atom. The average molecular weight is 379 g/mol. The second kappa shape index (κ2) is 9.16. The number of amides is 1. The maximum absolute atomic E-state index is 12.2. The van der Waals surface area contributed by atoms with E-state index in [0.29, 0.717) is 17.1 Å². The highest BCUT2D eigenvalue weighted by molar-refractivity contribution is 7.88. The minimum atomic E-state index is -3.73. The zero-order valence-corrected chi connectivity index (χ0v) is 15.4. The van der Waals surface area contributed by atoms with Crippen LogP contribution in [0.15, 0.2) is 42.7 Å². The van der Waals surface area contributed by atoms with E-state index in [1.807, 2.05) is 6.07 Å². The van der Waals surface area contributed by atoms with Crippen LogP contribution in [-0.2, 0) is 27.1 Å². The normalized spacial score (nSPS) is 11.0. The van der Waals surface area contributed by atoms with Crippen LogP contribution in [0.25, 0.3) is 0 Å². The van der Waals surface area contributed by atoms with Crippen LogP contribution in [0.1, 0.15) is 11.1 Å². The van der Waals surface area contributed by atoms with Crippen molar-refractivity contribution in [3.05, 3.63) is 53.9 Å². The third kappa shape index (κ3) is 6.01. The number of sulfonamides is 1. The summed E-state index contributed by atoms with van der Waals surface area (Å²) >= 11 is 0. The van der Waals surface area contributed by atoms with E-state index in [4.69, 9.17) is 9.47 Å². The molecule has 0 saturated heterocycles. The zero-order valence-electron chi connectivity index (χ0n) is 14.6. The summed E-state index contributed by atoms with van der Waals surface area (Å²) in [7, 11) is -0.782. The highest BCUT2D eigenvalue weighted by Crippen LogP contribution is 2.25. The summed E-state index contributed by atoms with van der Waals surface area (Å²) in [6.45, 7) is -0.0764. The van der Waals surface area contributed by atoms with Crippen molar-refractivity contribution in [2.45, 2.75) is 12.3 Å². The van der Waals surface area contributed by atoms with Gasteiger partial charge in [-0.3, -0.25) is 9.78 Å². The monoisotopic (exact) mass is 379 g/mol. The van der Waals surface area contributed by atoms with Crippen LogP contribution in [-0.4, -0.2) is 40.1 Å². The molecule has 0 spiro atoms. The fourth-order valence-electron chi connectivity index (χ4n) is 2.19. The predicted octanol–water partition coefficient (Wildman–Crippen LogP) is 0.835. The van der Waals surface area contributed by atoms with E-state index in [-0.39, 0.29) is 18.8 Å². The first-order chi connectivity index (χ1) is 12.4. The quantitative estimate of drug-likeness (QED) is 0.669. The predicted molar refractivity (Wildman–Crippen MR) is 96.3 cm³/mol. The summed E-state index contributed by atoms with van der Waals surface area (Å²) in [6.07, 6.45) is 3.26. The van der Waals surface area contributed by atoms with Crippen molar-refractivity contribution < 1.29 is 22.7 Å². The molecule has 1 aromatic heterocycles. The van der Waals surface area contributed by atoms with Gasteiger partial charge in [0.2, 0.25) is 15.9 Å². The van der Waals surface area contributed by atoms with E-state index in [1.165, 1.54) is 14.2 Å². The number of carbonyl (C=O) groups is 1. The maximum atomic E-state index is 12.2. The van der Waals surface area contributed by atoms with Crippen LogP contribution >= 0.6 is 0 Å². The second-order valence-corrected chi connectivity index (χ2v) is 7.20. The van der Waals surface area contributed by atoms with Crippen molar-refractivity contribution in [3.8, 4) is 11.5 Å². The molecule has 1 amide bonds. The molecule has 0 radical (unpaired) electrons. The van der Waals surface area contributed by atoms with Gasteiger partial charge in [-0.1, -0.05) is 6.07 Å². The van der Waals surface area contributed by atoms with Crippen molar-refractivity contribution in [1.82, 2.24) is 15.0 Å². The summed E-state index contributed by atoms with van der Waals surface area (Å²) in [5.74, 6) is 0.181. The lowest BCUT2D eigenvalue weighted by molar-refractivity contribution is -0.120. The van der Waals surface area contributed by atoms with Gasteiger partial charge in [-0.05, 0) is 29.8 Å². The molecule has 0 unspecified atom stereocenters. The van der Waals surface area contributed by atoms with Gasteiger partial charge in [-0.25, -0.2) is 13.1 Å². The number of nitrogens with one attached hydrogen (secondary N) is 2. The molecule has 0 aliphatic carbocycles. The number of carbonyl (C=O) groups excluding carboxylic acids is 1. The van der Waals surface area contributed by atoms with Crippen molar-refractivity contribution >= 4 is 15.9 Å². The Morgan fingerprint density at radius 3 is 2.65 bits per heavy atom. The molecule has 140 valence electrons. The summed E-state index contributed by atoms with van der Waals surface area (Å²) in [5.41, 5.74) is 1.26. The fraction of sp³-hybridized carbons (Fsp3) is 0.294. The summed E-state index contributed by atoms with van der Waals surface area (Å²) in [4.78, 5) is 15.8. The van der Waals surface area contributed by atoms with Crippen LogP contribution in [0.2, 0.25) is 0 Å². The van der Waals surface area contributed by atoms with E-state index in [0.717, 1.165) is 5.56 Å². The topological polar surface area (TPSA) is 107 Å². The van der Waals surface area contributed by atoms with E-state index in [2.05, 4.69) is 15.0 Å². The number of ether oxygens (including phenoxy) is 2. The first-order valence-electron chi connectivity index (χ1n) is 7.77. The van der Waals surface area contributed by atoms with Gasteiger partial charge in [0.1, 0.15) is 11.5 Å². The molecule has 8 nitrogen and oxygen atoms in total. The van der Waals surface area contributed by atoms with E-state index < -0.39 is 15.9 Å². The molecular weight excluding hydrogens is 358 g/mol. The number of rotatable bonds is 9. The van der Waals surface area contributed by atoms with Crippen LogP contribution in [0.4, 0.5) is 0 Å². The van der Waals surface area contributed by atoms with Gasteiger partial charge in [0.15, 0.2) is 0 Å². The summed E-state index contributed by atoms with van der Waals surface area (Å²) < 4.78 is 37.1. The number of nitrogens with zero attached hydrogens (tertiary/aromatic N) is 1. The SMILES string of the molecule is COc1ccc(OC)c(CS(=O)(=O)NCC(=O)NCc2cccnc2)c1. The van der Waals surface area contributed by atoms with Gasteiger partial charge in [0, 0.05) is 24.5 Å². The standard InChI is InChI=1S/C17H21N3O5S/c1-24-15-5-6-16(25-2)14(8-15)12-26(22,23)20-11-17(21)19-10-13-4-3-7-18-9-13/h3-9,20H,10-12H2,1-2H3,(H,19,21). The lowest BCUT2D eigenvalue weighted by Crippen LogP contribution is -2.37. The molecule has 0 bridgehead atoms. The molecule has 0 aliphatic rings. The fourth-order valence-corrected chi connectivity index (χ4v) is 3.28. The molecule has 2 rings (SSSR count). The maximum Gasteiger partial charge on any atom is 0.235 e. The molecule has 2 aromatic rings. The molecule has 0 saturated carbocycles. The lowest BCUT2D eigenvalue weighted by atomic mass is 10.2. The lowest BCUT2D eigenvalue weighted by Gasteiger charge is -2.12. The van der Waals surface area contributed by atoms with E-state index in [1.54, 1.807) is 36.7 Å². The van der Waals surface area contributed by atoms with Gasteiger partial charge in [-0.15, -0.1) is 0 Å². The molecule has 0 fully saturated rings. The van der Waals surface area contributed by atoms with E-state index in [9.17, 15) is 13.2 Å². The first-order valence-corrected chi connectivity index (χ1v) is 9.42. The minimum absolute atomic E-state index is 0.276. The van der Waals surface area contributed by atoms with Crippen molar-refractivity contribution in [2.24, 2.45) is 0 Å². The van der Waals surface area contributed by atoms with Crippen LogP contribution in [0.3, 0.4) is 0 Å². The highest BCUT2D eigenvalue weighted by Gasteiger charge is 2.17. The van der Waals surface area contributed by atoms with Crippen LogP contribution in [0.5, 0.6) is 11.5 Å². The molecule has 26 heavy (non-hydrogen) atoms. The minimum Gasteiger partial charge on any atom is -0.497 e. The Hall–Kier alpha value is -2.65. The molecule has 1 heterocycles. The number of benzene rings is 1. The number of aromatic nitrogens is 1. The molecule has 0 atom stereocenters. The number of hydrogen-bond acceptors (Lipinski definition) is 6. The number of pyridine rings is 1. The molecule has 2 N–H and O–H groups in total. The molecule has 1 aromatic carbocycles. The summed E-state index contributed by atoms with van der Waals surface area (Å²) in [6, 6.07) is 8.46. The van der Waals surface area contributed by atoms with E-state index >= 15 is 0 Å². The average Bonchev–Trinajstić information content (AvgIpc) is 2.65. The Balaban J connectivity index is 1.91. The van der Waals surface area contributed by atoms with Crippen LogP contribution < -0.4 is 19.5 Å². The van der Waals surface area contributed by atoms with Crippen molar-refractivity contribution in [1.29, 1.82) is 0 Å². The molecule has 0 aliphatic heterocycles. The Bertz CT molecular complexity index is 841. The number of hydrogen-bond donors (Lipinski definition) is 2. The van der Waals surface area contributed by atoms with Gasteiger partial charge in [-0.2, -0.15) is 0 Å². The van der Waals surface area contributed by atoms with Gasteiger partial charge < -0.3 is 14.8 Å².